The van der Waals surface area contributed by atoms with Crippen molar-refractivity contribution >= 4 is 0 Å². The van der Waals surface area contributed by atoms with Crippen LogP contribution in [0.2, 0.25) is 0 Å². The molecule has 0 spiro atoms. The van der Waals surface area contributed by atoms with Gasteiger partial charge in [-0.15, -0.1) is 0 Å². The highest BCUT2D eigenvalue weighted by molar-refractivity contribution is 5.23. The Labute approximate surface area is 43.5 Å². The summed E-state index contributed by atoms with van der Waals surface area (Å²) in [5, 5.41) is 0. The maximum absolute atomic E-state index is 11.3. The van der Waals surface area contributed by atoms with E-state index in [0.29, 0.717) is 12.8 Å². The van der Waals surface area contributed by atoms with Crippen LogP contribution in [0.3, 0.4) is 0 Å². The van der Waals surface area contributed by atoms with Gasteiger partial charge in [0.25, 0.3) is 11.8 Å². The molecule has 1 fully saturated rings. The lowest BCUT2D eigenvalue weighted by Crippen LogP contribution is -2.47. The highest BCUT2D eigenvalue weighted by Gasteiger charge is 2.61. The second kappa shape index (κ2) is 1.17. The van der Waals surface area contributed by atoms with Crippen molar-refractivity contribution in [3.05, 3.63) is 12.8 Å². The van der Waals surface area contributed by atoms with Crippen LogP contribution in [0.15, 0.2) is 0 Å². The highest BCUT2D eigenvalue weighted by Crippen LogP contribution is 2.46. The molecule has 1 saturated carbocycles. The van der Waals surface area contributed by atoms with Gasteiger partial charge in [0.2, 0.25) is 0 Å². The normalized spacial score (nSPS) is 31.5. The smallest absolute Gasteiger partial charge is 0.205 e. The second-order valence-corrected chi connectivity index (χ2v) is 1.40. The summed E-state index contributed by atoms with van der Waals surface area (Å²) in [5.74, 6) is -7.19. The molecule has 0 amide bonds. The summed E-state index contributed by atoms with van der Waals surface area (Å²) in [4.78, 5) is 0. The Morgan fingerprint density at radius 2 is 1.00 bits per heavy atom. The molecule has 0 aromatic heterocycles. The summed E-state index contributed by atoms with van der Waals surface area (Å²) in [7, 11) is 0. The Bertz CT molecular complexity index is 84.6. The molecule has 4 radical (unpaired) electrons. The quantitative estimate of drug-likeness (QED) is 0.428. The van der Waals surface area contributed by atoms with Crippen molar-refractivity contribution in [2.45, 2.75) is 11.8 Å². The van der Waals surface area contributed by atoms with Gasteiger partial charge in [0.15, 0.2) is 0 Å². The molecular formula is C4F4. The summed E-state index contributed by atoms with van der Waals surface area (Å²) in [6, 6.07) is 0. The molecule has 0 atom stereocenters. The van der Waals surface area contributed by atoms with Gasteiger partial charge in [-0.2, -0.15) is 0 Å². The zero-order valence-corrected chi connectivity index (χ0v) is 3.51. The van der Waals surface area contributed by atoms with E-state index in [-0.39, 0.29) is 0 Å². The van der Waals surface area contributed by atoms with Crippen LogP contribution in [0.1, 0.15) is 0 Å². The molecule has 0 aromatic rings. The Morgan fingerprint density at radius 1 is 0.750 bits per heavy atom. The fourth-order valence-electron chi connectivity index (χ4n) is 0.394. The average Bonchev–Trinajstić information content (AvgIpc) is 1.20. The summed E-state index contributed by atoms with van der Waals surface area (Å²) in [6.45, 7) is 0. The molecule has 0 aliphatic heterocycles. The zero-order chi connectivity index (χ0) is 6.41. The van der Waals surface area contributed by atoms with Crippen LogP contribution >= 0.6 is 0 Å². The standard InChI is InChI=1S/C4F4/c5-3(6)1-4(7,8)2-3. The molecule has 0 aromatic carbocycles. The minimum absolute atomic E-state index is 0.681. The van der Waals surface area contributed by atoms with Crippen LogP contribution in [0.25, 0.3) is 0 Å². The van der Waals surface area contributed by atoms with Crippen LogP contribution < -0.4 is 0 Å². The molecule has 1 aliphatic rings. The maximum atomic E-state index is 11.3. The first-order chi connectivity index (χ1) is 3.41. The van der Waals surface area contributed by atoms with E-state index in [1.54, 1.807) is 0 Å². The fourth-order valence-corrected chi connectivity index (χ4v) is 0.394. The van der Waals surface area contributed by atoms with E-state index in [1.165, 1.54) is 0 Å². The number of halogens is 4. The summed E-state index contributed by atoms with van der Waals surface area (Å²) < 4.78 is 45.3. The Morgan fingerprint density at radius 3 is 1.00 bits per heavy atom. The summed E-state index contributed by atoms with van der Waals surface area (Å²) in [5.41, 5.74) is 0. The van der Waals surface area contributed by atoms with Gasteiger partial charge in [-0.1, -0.05) is 0 Å². The lowest BCUT2D eigenvalue weighted by atomic mass is 9.90. The molecule has 44 valence electrons. The first-order valence-corrected chi connectivity index (χ1v) is 1.76. The van der Waals surface area contributed by atoms with Gasteiger partial charge in [-0.25, -0.2) is 17.6 Å². The maximum Gasteiger partial charge on any atom is 0.274 e. The molecule has 1 rings (SSSR count). The number of rotatable bonds is 0. The molecule has 0 bridgehead atoms. The monoisotopic (exact) mass is 124 g/mol. The van der Waals surface area contributed by atoms with E-state index in [9.17, 15) is 17.6 Å². The molecule has 0 N–H and O–H groups in total. The van der Waals surface area contributed by atoms with Crippen molar-refractivity contribution < 1.29 is 17.6 Å². The number of hydrogen-bond donors (Lipinski definition) is 0. The van der Waals surface area contributed by atoms with Gasteiger partial charge in [0.05, 0.1) is 0 Å². The van der Waals surface area contributed by atoms with Gasteiger partial charge in [0, 0.05) is 0 Å². The lowest BCUT2D eigenvalue weighted by Gasteiger charge is -2.31. The third-order valence-electron chi connectivity index (χ3n) is 0.628. The second-order valence-electron chi connectivity index (χ2n) is 1.40. The van der Waals surface area contributed by atoms with Gasteiger partial charge in [-0.3, -0.25) is 0 Å². The van der Waals surface area contributed by atoms with Gasteiger partial charge in [-0.05, 0) is 0 Å². The van der Waals surface area contributed by atoms with Gasteiger partial charge >= 0.3 is 0 Å². The minimum atomic E-state index is -3.59. The van der Waals surface area contributed by atoms with Crippen molar-refractivity contribution in [2.75, 3.05) is 0 Å². The fraction of sp³-hybridized carbons (Fsp3) is 0.500. The number of alkyl halides is 4. The van der Waals surface area contributed by atoms with Crippen LogP contribution in [0.5, 0.6) is 0 Å². The van der Waals surface area contributed by atoms with Crippen LogP contribution in [0.4, 0.5) is 17.6 Å². The van der Waals surface area contributed by atoms with Crippen LogP contribution in [-0.2, 0) is 0 Å². The SMILES string of the molecule is FC1(F)[C]C(F)(F)[C]1. The van der Waals surface area contributed by atoms with E-state index in [2.05, 4.69) is 0 Å². The first-order valence-electron chi connectivity index (χ1n) is 1.76. The van der Waals surface area contributed by atoms with E-state index in [0.717, 1.165) is 0 Å². The molecule has 0 nitrogen and oxygen atoms in total. The van der Waals surface area contributed by atoms with E-state index in [4.69, 9.17) is 0 Å². The highest BCUT2D eigenvalue weighted by atomic mass is 19.3. The van der Waals surface area contributed by atoms with Crippen molar-refractivity contribution in [3.63, 3.8) is 0 Å². The molecule has 8 heavy (non-hydrogen) atoms. The predicted octanol–water partition coefficient (Wildman–Crippen LogP) is 1.43. The summed E-state index contributed by atoms with van der Waals surface area (Å²) >= 11 is 0. The summed E-state index contributed by atoms with van der Waals surface area (Å²) in [6.07, 6.45) is 1.36. The van der Waals surface area contributed by atoms with Crippen LogP contribution in [0, 0.1) is 12.8 Å². The molecule has 0 unspecified atom stereocenters. The van der Waals surface area contributed by atoms with E-state index >= 15 is 0 Å². The Hall–Kier alpha value is -0.280. The van der Waals surface area contributed by atoms with E-state index in [1.807, 2.05) is 0 Å². The molecule has 0 heterocycles. The Balaban J connectivity index is 2.42. The number of hydrogen-bond acceptors (Lipinski definition) is 0. The zero-order valence-electron chi connectivity index (χ0n) is 3.51. The third kappa shape index (κ3) is 0.928. The molecular weight excluding hydrogens is 124 g/mol. The minimum Gasteiger partial charge on any atom is -0.205 e. The van der Waals surface area contributed by atoms with Crippen LogP contribution in [-0.4, -0.2) is 11.8 Å². The van der Waals surface area contributed by atoms with Gasteiger partial charge in [0.1, 0.15) is 12.8 Å². The van der Waals surface area contributed by atoms with Crippen molar-refractivity contribution in [3.8, 4) is 0 Å². The topological polar surface area (TPSA) is 0 Å². The predicted molar refractivity (Wildman–Crippen MR) is 16.4 cm³/mol. The molecule has 4 heteroatoms. The van der Waals surface area contributed by atoms with Gasteiger partial charge < -0.3 is 0 Å². The average molecular weight is 124 g/mol. The van der Waals surface area contributed by atoms with E-state index < -0.39 is 11.8 Å². The third-order valence-corrected chi connectivity index (χ3v) is 0.628. The van der Waals surface area contributed by atoms with Crippen molar-refractivity contribution in [2.24, 2.45) is 0 Å². The first kappa shape index (κ1) is 5.85. The molecule has 1 aliphatic carbocycles. The lowest BCUT2D eigenvalue weighted by molar-refractivity contribution is -0.106. The largest absolute Gasteiger partial charge is 0.274 e. The van der Waals surface area contributed by atoms with Crippen molar-refractivity contribution in [1.82, 2.24) is 0 Å². The molecule has 0 saturated heterocycles. The van der Waals surface area contributed by atoms with Crippen molar-refractivity contribution in [1.29, 1.82) is 0 Å². The Kier molecular flexibility index (Phi) is 0.854.